The Bertz CT molecular complexity index is 729. The van der Waals surface area contributed by atoms with E-state index in [9.17, 15) is 0 Å². The molecule has 2 aromatic carbocycles. The highest BCUT2D eigenvalue weighted by Gasteiger charge is 2.11. The van der Waals surface area contributed by atoms with Crippen molar-refractivity contribution in [3.63, 3.8) is 0 Å². The van der Waals surface area contributed by atoms with E-state index in [2.05, 4.69) is 82.2 Å². The van der Waals surface area contributed by atoms with Crippen molar-refractivity contribution in [3.8, 4) is 0 Å². The van der Waals surface area contributed by atoms with Gasteiger partial charge in [0.25, 0.3) is 0 Å². The van der Waals surface area contributed by atoms with Crippen molar-refractivity contribution >= 4 is 38.0 Å². The van der Waals surface area contributed by atoms with E-state index in [0.29, 0.717) is 6.04 Å². The van der Waals surface area contributed by atoms with Crippen molar-refractivity contribution < 1.29 is 0 Å². The van der Waals surface area contributed by atoms with E-state index in [1.54, 1.807) is 0 Å². The van der Waals surface area contributed by atoms with Gasteiger partial charge in [0, 0.05) is 20.8 Å². The number of hydrogen-bond donors (Lipinski definition) is 1. The zero-order chi connectivity index (χ0) is 14.7. The topological polar surface area (TPSA) is 12.0 Å². The summed E-state index contributed by atoms with van der Waals surface area (Å²) in [5.74, 6) is 0. The Morgan fingerprint density at radius 3 is 2.67 bits per heavy atom. The minimum atomic E-state index is 0.460. The van der Waals surface area contributed by atoms with Crippen LogP contribution in [0.4, 0.5) is 0 Å². The molecule has 3 aromatic rings. The predicted molar refractivity (Wildman–Crippen MR) is 96.2 cm³/mol. The molecule has 1 N–H and O–H groups in total. The number of fused-ring (bicyclic) bond motifs is 1. The average Bonchev–Trinajstić information content (AvgIpc) is 2.92. The van der Waals surface area contributed by atoms with Crippen LogP contribution in [0.3, 0.4) is 0 Å². The van der Waals surface area contributed by atoms with Gasteiger partial charge >= 0.3 is 0 Å². The van der Waals surface area contributed by atoms with Crippen LogP contribution in [-0.4, -0.2) is 13.1 Å². The zero-order valence-corrected chi connectivity index (χ0v) is 14.4. The third-order valence-corrected chi connectivity index (χ3v) is 5.54. The minimum absolute atomic E-state index is 0.460. The van der Waals surface area contributed by atoms with E-state index in [1.807, 2.05) is 11.3 Å². The van der Waals surface area contributed by atoms with Crippen LogP contribution in [0.2, 0.25) is 0 Å². The summed E-state index contributed by atoms with van der Waals surface area (Å²) in [4.78, 5) is 1.42. The van der Waals surface area contributed by atoms with Crippen LogP contribution in [-0.2, 0) is 12.8 Å². The largest absolute Gasteiger partial charge is 0.316 e. The Balaban J connectivity index is 1.82. The Morgan fingerprint density at radius 1 is 1.10 bits per heavy atom. The monoisotopic (exact) mass is 359 g/mol. The Morgan fingerprint density at radius 2 is 1.90 bits per heavy atom. The van der Waals surface area contributed by atoms with Gasteiger partial charge in [-0.25, -0.2) is 0 Å². The molecule has 0 aliphatic heterocycles. The average molecular weight is 360 g/mol. The van der Waals surface area contributed by atoms with Gasteiger partial charge in [-0.3, -0.25) is 0 Å². The summed E-state index contributed by atoms with van der Waals surface area (Å²) in [5, 5.41) is 8.31. The lowest BCUT2D eigenvalue weighted by Crippen LogP contribution is -2.29. The smallest absolute Gasteiger partial charge is 0.0285 e. The van der Waals surface area contributed by atoms with Gasteiger partial charge in [-0.2, -0.15) is 0 Å². The van der Waals surface area contributed by atoms with Crippen LogP contribution in [0, 0.1) is 0 Å². The fourth-order valence-corrected chi connectivity index (χ4v) is 4.25. The molecule has 1 aromatic heterocycles. The molecule has 1 nitrogen and oxygen atoms in total. The lowest BCUT2D eigenvalue weighted by molar-refractivity contribution is 0.562. The Kier molecular flexibility index (Phi) is 4.73. The maximum Gasteiger partial charge on any atom is 0.0285 e. The summed E-state index contributed by atoms with van der Waals surface area (Å²) in [5.41, 5.74) is 1.42. The van der Waals surface area contributed by atoms with Crippen LogP contribution in [0.25, 0.3) is 10.8 Å². The summed E-state index contributed by atoms with van der Waals surface area (Å²) >= 11 is 5.35. The van der Waals surface area contributed by atoms with Gasteiger partial charge in [-0.05, 0) is 58.2 Å². The molecule has 0 saturated heterocycles. The van der Waals surface area contributed by atoms with Crippen molar-refractivity contribution in [3.05, 3.63) is 68.8 Å². The normalized spacial score (nSPS) is 12.7. The van der Waals surface area contributed by atoms with Gasteiger partial charge in [-0.1, -0.05) is 42.5 Å². The molecule has 0 aliphatic rings. The number of thiophene rings is 1. The van der Waals surface area contributed by atoms with E-state index in [1.165, 1.54) is 25.7 Å². The van der Waals surface area contributed by atoms with Gasteiger partial charge in [0.1, 0.15) is 0 Å². The first-order valence-electron chi connectivity index (χ1n) is 7.13. The van der Waals surface area contributed by atoms with Crippen LogP contribution < -0.4 is 5.32 Å². The molecular weight excluding hydrogens is 342 g/mol. The highest BCUT2D eigenvalue weighted by atomic mass is 79.9. The summed E-state index contributed by atoms with van der Waals surface area (Å²) in [7, 11) is 2.05. The number of hydrogen-bond acceptors (Lipinski definition) is 2. The number of halogens is 1. The maximum atomic E-state index is 3.53. The summed E-state index contributed by atoms with van der Waals surface area (Å²) in [6.45, 7) is 0. The van der Waals surface area contributed by atoms with Gasteiger partial charge < -0.3 is 5.32 Å². The molecule has 0 amide bonds. The van der Waals surface area contributed by atoms with E-state index in [4.69, 9.17) is 0 Å². The fourth-order valence-electron chi connectivity index (χ4n) is 2.72. The molecular formula is C18H18BrNS. The van der Waals surface area contributed by atoms with E-state index >= 15 is 0 Å². The molecule has 1 atom stereocenters. The third-order valence-electron chi connectivity index (χ3n) is 3.82. The van der Waals surface area contributed by atoms with E-state index < -0.39 is 0 Å². The summed E-state index contributed by atoms with van der Waals surface area (Å²) in [6, 6.07) is 17.9. The first-order valence-corrected chi connectivity index (χ1v) is 8.80. The van der Waals surface area contributed by atoms with Crippen molar-refractivity contribution in [1.29, 1.82) is 0 Å². The fraction of sp³-hybridized carbons (Fsp3) is 0.222. The molecule has 0 aliphatic carbocycles. The van der Waals surface area contributed by atoms with Crippen molar-refractivity contribution in [2.45, 2.75) is 18.9 Å². The lowest BCUT2D eigenvalue weighted by Gasteiger charge is -2.16. The van der Waals surface area contributed by atoms with Crippen LogP contribution in [0.5, 0.6) is 0 Å². The first kappa shape index (κ1) is 14.8. The van der Waals surface area contributed by atoms with Crippen LogP contribution in [0.1, 0.15) is 10.4 Å². The van der Waals surface area contributed by atoms with Crippen molar-refractivity contribution in [1.82, 2.24) is 5.32 Å². The number of nitrogens with one attached hydrogen (secondary N) is 1. The zero-order valence-electron chi connectivity index (χ0n) is 12.0. The second-order valence-electron chi connectivity index (χ2n) is 5.26. The number of likely N-dealkylation sites (N-methyl/N-ethyl adjacent to an activating group) is 1. The van der Waals surface area contributed by atoms with E-state index in [0.717, 1.165) is 12.8 Å². The first-order chi connectivity index (χ1) is 10.3. The SMILES string of the molecule is CNC(Cc1cc(Br)cs1)Cc1cccc2ccccc12. The molecule has 1 unspecified atom stereocenters. The van der Waals surface area contributed by atoms with Gasteiger partial charge in [0.15, 0.2) is 0 Å². The van der Waals surface area contributed by atoms with Gasteiger partial charge in [-0.15, -0.1) is 11.3 Å². The molecule has 21 heavy (non-hydrogen) atoms. The Labute approximate surface area is 138 Å². The van der Waals surface area contributed by atoms with Crippen LogP contribution >= 0.6 is 27.3 Å². The van der Waals surface area contributed by atoms with Crippen molar-refractivity contribution in [2.75, 3.05) is 7.05 Å². The number of benzene rings is 2. The lowest BCUT2D eigenvalue weighted by atomic mass is 9.97. The molecule has 0 radical (unpaired) electrons. The Hall–Kier alpha value is -1.16. The maximum absolute atomic E-state index is 3.53. The molecule has 0 spiro atoms. The molecule has 3 heteroatoms. The second-order valence-corrected chi connectivity index (χ2v) is 7.17. The number of rotatable bonds is 5. The highest BCUT2D eigenvalue weighted by molar-refractivity contribution is 9.10. The quantitative estimate of drug-likeness (QED) is 0.672. The molecule has 0 saturated carbocycles. The van der Waals surface area contributed by atoms with Gasteiger partial charge in [0.05, 0.1) is 0 Å². The van der Waals surface area contributed by atoms with E-state index in [-0.39, 0.29) is 0 Å². The molecule has 3 rings (SSSR count). The highest BCUT2D eigenvalue weighted by Crippen LogP contribution is 2.24. The minimum Gasteiger partial charge on any atom is -0.316 e. The van der Waals surface area contributed by atoms with Crippen molar-refractivity contribution in [2.24, 2.45) is 0 Å². The summed E-state index contributed by atoms with van der Waals surface area (Å²) < 4.78 is 1.18. The molecule has 1 heterocycles. The predicted octanol–water partition coefficient (Wildman–Crippen LogP) is 5.04. The summed E-state index contributed by atoms with van der Waals surface area (Å²) in [6.07, 6.45) is 2.11. The van der Waals surface area contributed by atoms with Gasteiger partial charge in [0.2, 0.25) is 0 Å². The van der Waals surface area contributed by atoms with Crippen LogP contribution in [0.15, 0.2) is 58.4 Å². The molecule has 0 fully saturated rings. The standard InChI is InChI=1S/C18H18BrNS/c1-20-16(11-17-10-15(19)12-21-17)9-14-7-4-6-13-5-2-3-8-18(13)14/h2-8,10,12,16,20H,9,11H2,1H3. The molecule has 108 valence electrons. The second kappa shape index (κ2) is 6.73. The molecule has 0 bridgehead atoms. The third kappa shape index (κ3) is 3.54.